The van der Waals surface area contributed by atoms with E-state index in [1.807, 2.05) is 0 Å². The van der Waals surface area contributed by atoms with Crippen molar-refractivity contribution in [1.29, 1.82) is 0 Å². The minimum Gasteiger partial charge on any atom is -0.324 e. The molecule has 0 aliphatic carbocycles. The van der Waals surface area contributed by atoms with E-state index in [9.17, 15) is 0 Å². The molecule has 2 aromatic rings. The third-order valence-corrected chi connectivity index (χ3v) is 4.05. The van der Waals surface area contributed by atoms with Crippen LogP contribution in [0.4, 0.5) is 0 Å². The number of imidazole rings is 1. The molecule has 1 unspecified atom stereocenters. The SMILES string of the molecule is Cc1ccc(-c2nc(Cl)c3n2C(C)CCC3)cc1. The third kappa shape index (κ3) is 1.85. The van der Waals surface area contributed by atoms with Crippen LogP contribution in [0.25, 0.3) is 11.4 Å². The Morgan fingerprint density at radius 3 is 2.72 bits per heavy atom. The van der Waals surface area contributed by atoms with Crippen LogP contribution in [0, 0.1) is 6.92 Å². The van der Waals surface area contributed by atoms with Crippen LogP contribution in [0.15, 0.2) is 24.3 Å². The lowest BCUT2D eigenvalue weighted by atomic mass is 10.0. The lowest BCUT2D eigenvalue weighted by molar-refractivity contribution is 0.436. The third-order valence-electron chi connectivity index (χ3n) is 3.75. The van der Waals surface area contributed by atoms with Crippen molar-refractivity contribution in [3.63, 3.8) is 0 Å². The van der Waals surface area contributed by atoms with Crippen molar-refractivity contribution in [3.05, 3.63) is 40.7 Å². The van der Waals surface area contributed by atoms with Gasteiger partial charge >= 0.3 is 0 Å². The molecule has 1 aliphatic heterocycles. The van der Waals surface area contributed by atoms with Crippen molar-refractivity contribution in [1.82, 2.24) is 9.55 Å². The van der Waals surface area contributed by atoms with Crippen molar-refractivity contribution < 1.29 is 0 Å². The van der Waals surface area contributed by atoms with E-state index < -0.39 is 0 Å². The molecule has 0 saturated carbocycles. The van der Waals surface area contributed by atoms with Crippen LogP contribution in [-0.4, -0.2) is 9.55 Å². The van der Waals surface area contributed by atoms with Gasteiger partial charge in [-0.25, -0.2) is 4.98 Å². The molecule has 1 aromatic heterocycles. The summed E-state index contributed by atoms with van der Waals surface area (Å²) in [7, 11) is 0. The predicted octanol–water partition coefficient (Wildman–Crippen LogP) is 4.41. The van der Waals surface area contributed by atoms with E-state index in [0.717, 1.165) is 17.8 Å². The van der Waals surface area contributed by atoms with Gasteiger partial charge in [0.1, 0.15) is 5.82 Å². The Hall–Kier alpha value is -1.28. The molecule has 0 spiro atoms. The number of aryl methyl sites for hydroxylation is 1. The molecule has 1 aromatic carbocycles. The molecular formula is C15H17ClN2. The van der Waals surface area contributed by atoms with Gasteiger partial charge in [0, 0.05) is 11.6 Å². The summed E-state index contributed by atoms with van der Waals surface area (Å²) >= 11 is 6.28. The quantitative estimate of drug-likeness (QED) is 0.743. The molecular weight excluding hydrogens is 244 g/mol. The summed E-state index contributed by atoms with van der Waals surface area (Å²) in [5.74, 6) is 1.02. The Labute approximate surface area is 113 Å². The summed E-state index contributed by atoms with van der Waals surface area (Å²) < 4.78 is 2.32. The first-order valence-electron chi connectivity index (χ1n) is 6.50. The smallest absolute Gasteiger partial charge is 0.150 e. The molecule has 3 rings (SSSR count). The Morgan fingerprint density at radius 1 is 1.28 bits per heavy atom. The second-order valence-electron chi connectivity index (χ2n) is 5.15. The largest absolute Gasteiger partial charge is 0.324 e. The Bertz CT molecular complexity index is 569. The van der Waals surface area contributed by atoms with Gasteiger partial charge in [0.15, 0.2) is 5.15 Å². The zero-order valence-corrected chi connectivity index (χ0v) is 11.5. The first-order chi connectivity index (χ1) is 8.66. The van der Waals surface area contributed by atoms with Crippen molar-refractivity contribution in [2.75, 3.05) is 0 Å². The summed E-state index contributed by atoms with van der Waals surface area (Å²) in [6.07, 6.45) is 3.46. The number of nitrogens with zero attached hydrogens (tertiary/aromatic N) is 2. The number of aromatic nitrogens is 2. The van der Waals surface area contributed by atoms with E-state index in [1.165, 1.54) is 24.1 Å². The standard InChI is InChI=1S/C15H17ClN2/c1-10-6-8-12(9-7-10)15-17-14(16)13-5-3-4-11(2)18(13)15/h6-9,11H,3-5H2,1-2H3. The number of hydrogen-bond donors (Lipinski definition) is 0. The summed E-state index contributed by atoms with van der Waals surface area (Å²) in [6, 6.07) is 8.99. The highest BCUT2D eigenvalue weighted by Crippen LogP contribution is 2.35. The van der Waals surface area contributed by atoms with Gasteiger partial charge in [-0.15, -0.1) is 0 Å². The number of rotatable bonds is 1. The summed E-state index contributed by atoms with van der Waals surface area (Å²) in [4.78, 5) is 4.57. The van der Waals surface area contributed by atoms with E-state index >= 15 is 0 Å². The molecule has 0 saturated heterocycles. The van der Waals surface area contributed by atoms with E-state index in [2.05, 4.69) is 47.7 Å². The molecule has 0 radical (unpaired) electrons. The van der Waals surface area contributed by atoms with Gasteiger partial charge in [0.2, 0.25) is 0 Å². The van der Waals surface area contributed by atoms with Gasteiger partial charge in [0.05, 0.1) is 5.69 Å². The fourth-order valence-electron chi connectivity index (χ4n) is 2.74. The lowest BCUT2D eigenvalue weighted by Crippen LogP contribution is -2.15. The second kappa shape index (κ2) is 4.43. The monoisotopic (exact) mass is 260 g/mol. The minimum atomic E-state index is 0.491. The van der Waals surface area contributed by atoms with Crippen LogP contribution in [0.2, 0.25) is 5.15 Å². The van der Waals surface area contributed by atoms with E-state index in [1.54, 1.807) is 0 Å². The Balaban J connectivity index is 2.15. The van der Waals surface area contributed by atoms with Crippen LogP contribution < -0.4 is 0 Å². The number of fused-ring (bicyclic) bond motifs is 1. The lowest BCUT2D eigenvalue weighted by Gasteiger charge is -2.24. The van der Waals surface area contributed by atoms with Crippen molar-refractivity contribution in [2.24, 2.45) is 0 Å². The number of halogens is 1. The predicted molar refractivity (Wildman–Crippen MR) is 75.1 cm³/mol. The Kier molecular flexibility index (Phi) is 2.90. The Morgan fingerprint density at radius 2 is 2.00 bits per heavy atom. The maximum absolute atomic E-state index is 6.28. The molecule has 1 atom stereocenters. The van der Waals surface area contributed by atoms with Crippen molar-refractivity contribution in [3.8, 4) is 11.4 Å². The molecule has 2 heterocycles. The van der Waals surface area contributed by atoms with Gasteiger partial charge in [-0.05, 0) is 33.1 Å². The van der Waals surface area contributed by atoms with Crippen LogP contribution in [0.1, 0.15) is 37.1 Å². The highest BCUT2D eigenvalue weighted by Gasteiger charge is 2.24. The molecule has 0 fully saturated rings. The molecule has 94 valence electrons. The molecule has 0 bridgehead atoms. The van der Waals surface area contributed by atoms with E-state index in [-0.39, 0.29) is 0 Å². The normalized spacial score (nSPS) is 18.7. The molecule has 3 heteroatoms. The van der Waals surface area contributed by atoms with E-state index in [4.69, 9.17) is 11.6 Å². The summed E-state index contributed by atoms with van der Waals surface area (Å²) in [5.41, 5.74) is 3.62. The van der Waals surface area contributed by atoms with Crippen LogP contribution in [-0.2, 0) is 6.42 Å². The molecule has 0 amide bonds. The highest BCUT2D eigenvalue weighted by molar-refractivity contribution is 6.30. The van der Waals surface area contributed by atoms with Gasteiger partial charge in [-0.1, -0.05) is 41.4 Å². The molecule has 0 N–H and O–H groups in total. The first kappa shape index (κ1) is 11.8. The fraction of sp³-hybridized carbons (Fsp3) is 0.400. The maximum atomic E-state index is 6.28. The fourth-order valence-corrected chi connectivity index (χ4v) is 3.00. The minimum absolute atomic E-state index is 0.491. The van der Waals surface area contributed by atoms with Gasteiger partial charge in [0.25, 0.3) is 0 Å². The van der Waals surface area contributed by atoms with E-state index in [0.29, 0.717) is 11.2 Å². The summed E-state index contributed by atoms with van der Waals surface area (Å²) in [5, 5.41) is 0.678. The average Bonchev–Trinajstić information content (AvgIpc) is 2.70. The van der Waals surface area contributed by atoms with Crippen LogP contribution in [0.3, 0.4) is 0 Å². The van der Waals surface area contributed by atoms with Gasteiger partial charge in [-0.2, -0.15) is 0 Å². The van der Waals surface area contributed by atoms with Crippen molar-refractivity contribution in [2.45, 2.75) is 39.2 Å². The zero-order chi connectivity index (χ0) is 12.7. The highest BCUT2D eigenvalue weighted by atomic mass is 35.5. The second-order valence-corrected chi connectivity index (χ2v) is 5.51. The van der Waals surface area contributed by atoms with Gasteiger partial charge < -0.3 is 4.57 Å². The summed E-state index contributed by atoms with van der Waals surface area (Å²) in [6.45, 7) is 4.35. The van der Waals surface area contributed by atoms with Crippen LogP contribution >= 0.6 is 11.6 Å². The molecule has 2 nitrogen and oxygen atoms in total. The topological polar surface area (TPSA) is 17.8 Å². The molecule has 18 heavy (non-hydrogen) atoms. The molecule has 1 aliphatic rings. The van der Waals surface area contributed by atoms with Crippen LogP contribution in [0.5, 0.6) is 0 Å². The first-order valence-corrected chi connectivity index (χ1v) is 6.88. The van der Waals surface area contributed by atoms with Crippen molar-refractivity contribution >= 4 is 11.6 Å². The van der Waals surface area contributed by atoms with Gasteiger partial charge in [-0.3, -0.25) is 0 Å². The number of hydrogen-bond acceptors (Lipinski definition) is 1. The average molecular weight is 261 g/mol. The maximum Gasteiger partial charge on any atom is 0.150 e. The zero-order valence-electron chi connectivity index (χ0n) is 10.8. The number of benzene rings is 1.